The lowest BCUT2D eigenvalue weighted by Crippen LogP contribution is -2.45. The largest absolute Gasteiger partial charge is 0.312 e. The SMILES string of the molecule is Cc1cc(C)c(S[Si-](c2c(C)cc(C)cc2C)c2c(C)cc(C)cc2C)c(C)c1. The Hall–Kier alpha value is -1.77. The molecule has 0 N–H and O–H groups in total. The lowest BCUT2D eigenvalue weighted by Gasteiger charge is -2.39. The Balaban J connectivity index is 2.27. The molecule has 0 bridgehead atoms. The van der Waals surface area contributed by atoms with Crippen LogP contribution in [0.3, 0.4) is 0 Å². The lowest BCUT2D eigenvalue weighted by molar-refractivity contribution is 1.19. The normalized spacial score (nSPS) is 11.1. The van der Waals surface area contributed by atoms with Crippen LogP contribution in [0.4, 0.5) is 0 Å². The van der Waals surface area contributed by atoms with Gasteiger partial charge < -0.3 is 11.2 Å². The van der Waals surface area contributed by atoms with Gasteiger partial charge in [0.1, 0.15) is 0 Å². The van der Waals surface area contributed by atoms with Crippen LogP contribution in [0.1, 0.15) is 50.1 Å². The van der Waals surface area contributed by atoms with Crippen molar-refractivity contribution < 1.29 is 0 Å². The zero-order valence-electron chi connectivity index (χ0n) is 19.4. The third kappa shape index (κ3) is 4.54. The van der Waals surface area contributed by atoms with Gasteiger partial charge in [-0.1, -0.05) is 75.3 Å². The van der Waals surface area contributed by atoms with Crippen molar-refractivity contribution >= 4 is 29.5 Å². The van der Waals surface area contributed by atoms with Gasteiger partial charge in [-0.15, -0.1) is 0 Å². The highest BCUT2D eigenvalue weighted by Gasteiger charge is 2.14. The van der Waals surface area contributed by atoms with Crippen molar-refractivity contribution in [2.24, 2.45) is 0 Å². The van der Waals surface area contributed by atoms with Crippen LogP contribution < -0.4 is 10.4 Å². The fourth-order valence-corrected chi connectivity index (χ4v) is 11.7. The molecule has 0 heterocycles. The molecule has 29 heavy (non-hydrogen) atoms. The average molecular weight is 418 g/mol. The van der Waals surface area contributed by atoms with Gasteiger partial charge in [0.2, 0.25) is 0 Å². The first kappa shape index (κ1) is 21.9. The molecule has 0 aromatic heterocycles. The van der Waals surface area contributed by atoms with Crippen molar-refractivity contribution in [3.05, 3.63) is 86.5 Å². The van der Waals surface area contributed by atoms with E-state index in [1.54, 1.807) is 10.4 Å². The van der Waals surface area contributed by atoms with Crippen LogP contribution >= 0.6 is 11.2 Å². The lowest BCUT2D eigenvalue weighted by atomic mass is 10.1. The predicted octanol–water partition coefficient (Wildman–Crippen LogP) is 6.36. The Kier molecular flexibility index (Phi) is 6.45. The molecule has 0 aliphatic heterocycles. The third-order valence-corrected chi connectivity index (χ3v) is 11.6. The maximum absolute atomic E-state index is 2.36. The van der Waals surface area contributed by atoms with E-state index < -0.39 is 7.95 Å². The van der Waals surface area contributed by atoms with E-state index in [-0.39, 0.29) is 0 Å². The van der Waals surface area contributed by atoms with E-state index in [9.17, 15) is 0 Å². The minimum Gasteiger partial charge on any atom is -0.312 e. The van der Waals surface area contributed by atoms with Gasteiger partial charge in [-0.3, -0.25) is 0 Å². The first-order valence-corrected chi connectivity index (χ1v) is 13.4. The van der Waals surface area contributed by atoms with E-state index in [1.165, 1.54) is 55.0 Å². The first-order valence-electron chi connectivity index (χ1n) is 10.4. The van der Waals surface area contributed by atoms with Crippen LogP contribution in [0.5, 0.6) is 0 Å². The zero-order chi connectivity index (χ0) is 21.5. The molecule has 0 aliphatic carbocycles. The van der Waals surface area contributed by atoms with Crippen molar-refractivity contribution in [2.75, 3.05) is 0 Å². The Labute approximate surface area is 183 Å². The van der Waals surface area contributed by atoms with E-state index in [4.69, 9.17) is 0 Å². The minimum atomic E-state index is -1.05. The second-order valence-corrected chi connectivity index (χ2v) is 12.8. The van der Waals surface area contributed by atoms with Gasteiger partial charge in [0.05, 0.1) is 0 Å². The van der Waals surface area contributed by atoms with Gasteiger partial charge in [0, 0.05) is 0 Å². The molecule has 0 saturated carbocycles. The highest BCUT2D eigenvalue weighted by Crippen LogP contribution is 2.31. The molecule has 0 fully saturated rings. The Morgan fingerprint density at radius 3 is 1.03 bits per heavy atom. The molecule has 0 unspecified atom stereocenters. The third-order valence-electron chi connectivity index (χ3n) is 5.62. The fourth-order valence-electron chi connectivity index (χ4n) is 4.73. The fraction of sp³-hybridized carbons (Fsp3) is 0.333. The van der Waals surface area contributed by atoms with Crippen molar-refractivity contribution in [3.8, 4) is 0 Å². The molecule has 0 radical (unpaired) electrons. The Bertz CT molecular complexity index is 951. The summed E-state index contributed by atoms with van der Waals surface area (Å²) in [7, 11) is -1.05. The molecule has 0 aliphatic rings. The summed E-state index contributed by atoms with van der Waals surface area (Å²) in [5.74, 6) is 0. The molecule has 3 rings (SSSR count). The van der Waals surface area contributed by atoms with Crippen molar-refractivity contribution in [2.45, 2.75) is 67.2 Å². The molecule has 0 spiro atoms. The number of rotatable bonds is 4. The van der Waals surface area contributed by atoms with Gasteiger partial charge in [0.25, 0.3) is 0 Å². The molecule has 0 saturated heterocycles. The molecule has 3 aromatic rings. The average Bonchev–Trinajstić information content (AvgIpc) is 2.55. The summed E-state index contributed by atoms with van der Waals surface area (Å²) in [6, 6.07) is 14.1. The molecule has 0 atom stereocenters. The van der Waals surface area contributed by atoms with Crippen LogP contribution in [0.15, 0.2) is 41.3 Å². The number of hydrogen-bond donors (Lipinski definition) is 0. The van der Waals surface area contributed by atoms with Crippen LogP contribution in [-0.2, 0) is 0 Å². The first-order chi connectivity index (χ1) is 13.6. The molecular weight excluding hydrogens is 384 g/mol. The summed E-state index contributed by atoms with van der Waals surface area (Å²) in [4.78, 5) is 1.46. The van der Waals surface area contributed by atoms with Crippen LogP contribution in [0.25, 0.3) is 0 Å². The maximum atomic E-state index is 2.36. The second-order valence-electron chi connectivity index (χ2n) is 8.71. The predicted molar refractivity (Wildman–Crippen MR) is 133 cm³/mol. The Morgan fingerprint density at radius 2 is 0.724 bits per heavy atom. The van der Waals surface area contributed by atoms with E-state index in [0.717, 1.165) is 0 Å². The highest BCUT2D eigenvalue weighted by molar-refractivity contribution is 8.28. The van der Waals surface area contributed by atoms with Crippen LogP contribution in [0.2, 0.25) is 0 Å². The summed E-state index contributed by atoms with van der Waals surface area (Å²) in [6.07, 6.45) is 0. The number of benzene rings is 3. The number of aryl methyl sites for hydroxylation is 9. The highest BCUT2D eigenvalue weighted by atomic mass is 32.4. The Morgan fingerprint density at radius 1 is 0.448 bits per heavy atom. The summed E-state index contributed by atoms with van der Waals surface area (Å²) in [5.41, 5.74) is 12.6. The van der Waals surface area contributed by atoms with Crippen LogP contribution in [0, 0.1) is 62.3 Å². The smallest absolute Gasteiger partial charge is 0.0217 e. The van der Waals surface area contributed by atoms with Gasteiger partial charge in [-0.2, -0.15) is 18.3 Å². The minimum absolute atomic E-state index is 1.05. The summed E-state index contributed by atoms with van der Waals surface area (Å²) in [5, 5.41) is 3.14. The summed E-state index contributed by atoms with van der Waals surface area (Å²) in [6.45, 7) is 20.4. The van der Waals surface area contributed by atoms with E-state index in [1.807, 2.05) is 0 Å². The topological polar surface area (TPSA) is 0 Å². The quantitative estimate of drug-likeness (QED) is 0.445. The molecule has 2 heteroatoms. The number of hydrogen-bond acceptors (Lipinski definition) is 1. The molecule has 152 valence electrons. The maximum Gasteiger partial charge on any atom is -0.0217 e. The van der Waals surface area contributed by atoms with Crippen molar-refractivity contribution in [3.63, 3.8) is 0 Å². The molecule has 0 nitrogen and oxygen atoms in total. The summed E-state index contributed by atoms with van der Waals surface area (Å²) < 4.78 is 0. The molecular formula is C27H33SSi-. The van der Waals surface area contributed by atoms with Crippen molar-refractivity contribution in [1.82, 2.24) is 0 Å². The van der Waals surface area contributed by atoms with Gasteiger partial charge in [0.15, 0.2) is 0 Å². The van der Waals surface area contributed by atoms with Gasteiger partial charge >= 0.3 is 0 Å². The zero-order valence-corrected chi connectivity index (χ0v) is 21.2. The van der Waals surface area contributed by atoms with Gasteiger partial charge in [-0.25, -0.2) is 0 Å². The molecule has 0 amide bonds. The second kappa shape index (κ2) is 8.53. The summed E-state index contributed by atoms with van der Waals surface area (Å²) >= 11 is 2.13. The van der Waals surface area contributed by atoms with Crippen LogP contribution in [-0.4, -0.2) is 7.95 Å². The van der Waals surface area contributed by atoms with E-state index in [0.29, 0.717) is 0 Å². The van der Waals surface area contributed by atoms with Crippen molar-refractivity contribution in [1.29, 1.82) is 0 Å². The molecule has 3 aromatic carbocycles. The van der Waals surface area contributed by atoms with Gasteiger partial charge in [-0.05, 0) is 78.3 Å². The van der Waals surface area contributed by atoms with E-state index >= 15 is 0 Å². The monoisotopic (exact) mass is 417 g/mol. The van der Waals surface area contributed by atoms with E-state index in [2.05, 4.69) is 110 Å². The standard InChI is InChI=1S/C27H33SSi/c1-16-10-19(4)25(20(5)11-16)28-29(26-21(6)12-17(2)13-22(26)7)27-23(8)14-18(3)15-24(27)9/h10-15H,1-9H3/q-1.